The molecule has 7 nitrogen and oxygen atoms in total. The Bertz CT molecular complexity index is 1160. The fourth-order valence-corrected chi connectivity index (χ4v) is 3.39. The fourth-order valence-electron chi connectivity index (χ4n) is 2.51. The number of methoxy groups -OCH3 is 1. The standard InChI is InChI=1S/C18H13N3O4S/c1-24-12-4-5-14(22)11(7-12)8-20-21-10-19-17-16(18(21)23)13(9-26-17)15-3-2-6-25-15/h2-10,22H,1H3/b20-8+. The Morgan fingerprint density at radius 2 is 2.27 bits per heavy atom. The number of aromatic nitrogens is 2. The van der Waals surface area contributed by atoms with Gasteiger partial charge in [0.25, 0.3) is 5.56 Å². The highest BCUT2D eigenvalue weighted by molar-refractivity contribution is 7.17. The van der Waals surface area contributed by atoms with Crippen LogP contribution in [0, 0.1) is 0 Å². The van der Waals surface area contributed by atoms with Crippen LogP contribution >= 0.6 is 11.3 Å². The number of ether oxygens (including phenoxy) is 1. The van der Waals surface area contributed by atoms with E-state index >= 15 is 0 Å². The second-order valence-electron chi connectivity index (χ2n) is 5.37. The van der Waals surface area contributed by atoms with Gasteiger partial charge in [-0.3, -0.25) is 4.79 Å². The number of rotatable bonds is 4. The molecular formula is C18H13N3O4S. The molecule has 3 heterocycles. The molecule has 1 N–H and O–H groups in total. The van der Waals surface area contributed by atoms with Crippen LogP contribution in [0.4, 0.5) is 0 Å². The van der Waals surface area contributed by atoms with Gasteiger partial charge < -0.3 is 14.3 Å². The largest absolute Gasteiger partial charge is 0.507 e. The molecule has 4 rings (SSSR count). The SMILES string of the molecule is COc1ccc(O)c(/C=N/n2cnc3scc(-c4ccco4)c3c2=O)c1. The van der Waals surface area contributed by atoms with E-state index < -0.39 is 0 Å². The number of phenols is 1. The average Bonchev–Trinajstić information content (AvgIpc) is 3.32. The number of aromatic hydroxyl groups is 1. The van der Waals surface area contributed by atoms with E-state index in [1.54, 1.807) is 30.5 Å². The number of furan rings is 1. The highest BCUT2D eigenvalue weighted by atomic mass is 32.1. The molecule has 0 unspecified atom stereocenters. The van der Waals surface area contributed by atoms with Crippen molar-refractivity contribution in [3.05, 3.63) is 64.2 Å². The third-order valence-corrected chi connectivity index (χ3v) is 4.71. The van der Waals surface area contributed by atoms with Gasteiger partial charge in [0.05, 0.1) is 25.0 Å². The van der Waals surface area contributed by atoms with E-state index in [9.17, 15) is 9.90 Å². The van der Waals surface area contributed by atoms with Gasteiger partial charge in [0.15, 0.2) is 0 Å². The zero-order chi connectivity index (χ0) is 18.1. The van der Waals surface area contributed by atoms with Gasteiger partial charge in [0.1, 0.15) is 28.4 Å². The lowest BCUT2D eigenvalue weighted by atomic mass is 10.2. The first kappa shape index (κ1) is 16.1. The molecule has 0 radical (unpaired) electrons. The molecular weight excluding hydrogens is 354 g/mol. The summed E-state index contributed by atoms with van der Waals surface area (Å²) in [5.41, 5.74) is 0.787. The first-order chi connectivity index (χ1) is 12.7. The van der Waals surface area contributed by atoms with Crippen LogP contribution in [0.3, 0.4) is 0 Å². The summed E-state index contributed by atoms with van der Waals surface area (Å²) in [4.78, 5) is 17.7. The molecule has 0 aliphatic rings. The molecule has 26 heavy (non-hydrogen) atoms. The predicted octanol–water partition coefficient (Wildman–Crippen LogP) is 3.31. The molecule has 0 saturated carbocycles. The molecule has 4 aromatic rings. The number of fused-ring (bicyclic) bond motifs is 1. The van der Waals surface area contributed by atoms with Gasteiger partial charge in [0, 0.05) is 16.5 Å². The highest BCUT2D eigenvalue weighted by Crippen LogP contribution is 2.30. The molecule has 0 atom stereocenters. The van der Waals surface area contributed by atoms with Gasteiger partial charge >= 0.3 is 0 Å². The molecule has 0 bridgehead atoms. The summed E-state index contributed by atoms with van der Waals surface area (Å²) in [6.45, 7) is 0. The van der Waals surface area contributed by atoms with E-state index in [0.717, 1.165) is 4.68 Å². The molecule has 1 aromatic carbocycles. The van der Waals surface area contributed by atoms with Gasteiger partial charge in [-0.1, -0.05) is 0 Å². The highest BCUT2D eigenvalue weighted by Gasteiger charge is 2.14. The van der Waals surface area contributed by atoms with Crippen molar-refractivity contribution in [1.29, 1.82) is 0 Å². The maximum absolute atomic E-state index is 12.8. The Morgan fingerprint density at radius 1 is 1.38 bits per heavy atom. The number of thiophene rings is 1. The van der Waals surface area contributed by atoms with E-state index in [4.69, 9.17) is 9.15 Å². The summed E-state index contributed by atoms with van der Waals surface area (Å²) in [7, 11) is 1.53. The molecule has 0 aliphatic carbocycles. The van der Waals surface area contributed by atoms with Crippen molar-refractivity contribution >= 4 is 27.8 Å². The van der Waals surface area contributed by atoms with Crippen LogP contribution < -0.4 is 10.3 Å². The molecule has 0 spiro atoms. The van der Waals surface area contributed by atoms with Crippen LogP contribution in [0.15, 0.2) is 62.6 Å². The summed E-state index contributed by atoms with van der Waals surface area (Å²) in [5, 5.41) is 16.3. The third kappa shape index (κ3) is 2.76. The van der Waals surface area contributed by atoms with Gasteiger partial charge in [-0.15, -0.1) is 11.3 Å². The Morgan fingerprint density at radius 3 is 3.04 bits per heavy atom. The molecule has 0 amide bonds. The Labute approximate surface area is 151 Å². The van der Waals surface area contributed by atoms with Gasteiger partial charge in [0.2, 0.25) is 0 Å². The molecule has 130 valence electrons. The normalized spacial score (nSPS) is 11.4. The van der Waals surface area contributed by atoms with Crippen molar-refractivity contribution in [1.82, 2.24) is 9.66 Å². The van der Waals surface area contributed by atoms with Crippen LogP contribution in [0.5, 0.6) is 11.5 Å². The van der Waals surface area contributed by atoms with Gasteiger partial charge in [-0.25, -0.2) is 4.98 Å². The van der Waals surface area contributed by atoms with Crippen molar-refractivity contribution in [2.45, 2.75) is 0 Å². The van der Waals surface area contributed by atoms with Crippen molar-refractivity contribution in [2.75, 3.05) is 7.11 Å². The van der Waals surface area contributed by atoms with Crippen LogP contribution in [0.1, 0.15) is 5.56 Å². The lowest BCUT2D eigenvalue weighted by Gasteiger charge is -2.03. The van der Waals surface area contributed by atoms with E-state index in [-0.39, 0.29) is 11.3 Å². The smallest absolute Gasteiger partial charge is 0.283 e. The van der Waals surface area contributed by atoms with Gasteiger partial charge in [-0.2, -0.15) is 9.78 Å². The van der Waals surface area contributed by atoms with Crippen molar-refractivity contribution in [2.24, 2.45) is 5.10 Å². The Balaban J connectivity index is 1.80. The van der Waals surface area contributed by atoms with Crippen LogP contribution in [-0.2, 0) is 0 Å². The summed E-state index contributed by atoms with van der Waals surface area (Å²) in [5.74, 6) is 1.20. The maximum atomic E-state index is 12.8. The van der Waals surface area contributed by atoms with E-state index in [1.165, 1.54) is 37.1 Å². The van der Waals surface area contributed by atoms with Crippen LogP contribution in [0.25, 0.3) is 21.5 Å². The molecule has 0 aliphatic heterocycles. The lowest BCUT2D eigenvalue weighted by molar-refractivity contribution is 0.412. The zero-order valence-corrected chi connectivity index (χ0v) is 14.4. The van der Waals surface area contributed by atoms with Crippen molar-refractivity contribution < 1.29 is 14.3 Å². The molecule has 0 saturated heterocycles. The minimum Gasteiger partial charge on any atom is -0.507 e. The third-order valence-electron chi connectivity index (χ3n) is 3.82. The van der Waals surface area contributed by atoms with E-state index in [1.807, 2.05) is 5.38 Å². The number of benzene rings is 1. The predicted molar refractivity (Wildman–Crippen MR) is 99.2 cm³/mol. The summed E-state index contributed by atoms with van der Waals surface area (Å²) in [6, 6.07) is 8.30. The number of nitrogens with zero attached hydrogens (tertiary/aromatic N) is 3. The maximum Gasteiger partial charge on any atom is 0.283 e. The van der Waals surface area contributed by atoms with Crippen molar-refractivity contribution in [3.63, 3.8) is 0 Å². The fraction of sp³-hybridized carbons (Fsp3) is 0.0556. The Hall–Kier alpha value is -3.39. The monoisotopic (exact) mass is 367 g/mol. The quantitative estimate of drug-likeness (QED) is 0.559. The minimum atomic E-state index is -0.318. The molecule has 3 aromatic heterocycles. The first-order valence-electron chi connectivity index (χ1n) is 7.61. The van der Waals surface area contributed by atoms with Crippen LogP contribution in [-0.4, -0.2) is 28.1 Å². The number of phenolic OH excluding ortho intramolecular Hbond substituents is 1. The summed E-state index contributed by atoms with van der Waals surface area (Å²) in [6.07, 6.45) is 4.28. The zero-order valence-electron chi connectivity index (χ0n) is 13.6. The summed E-state index contributed by atoms with van der Waals surface area (Å²) >= 11 is 1.36. The van der Waals surface area contributed by atoms with Crippen molar-refractivity contribution in [3.8, 4) is 22.8 Å². The van der Waals surface area contributed by atoms with E-state index in [2.05, 4.69) is 10.1 Å². The lowest BCUT2D eigenvalue weighted by Crippen LogP contribution is -2.16. The van der Waals surface area contributed by atoms with Crippen LogP contribution in [0.2, 0.25) is 0 Å². The first-order valence-corrected chi connectivity index (χ1v) is 8.49. The molecule has 0 fully saturated rings. The number of hydrogen-bond donors (Lipinski definition) is 1. The minimum absolute atomic E-state index is 0.0310. The van der Waals surface area contributed by atoms with Gasteiger partial charge in [-0.05, 0) is 30.3 Å². The Kier molecular flexibility index (Phi) is 4.02. The average molecular weight is 367 g/mol. The topological polar surface area (TPSA) is 89.8 Å². The second-order valence-corrected chi connectivity index (χ2v) is 6.23. The molecule has 8 heteroatoms. The van der Waals surface area contributed by atoms with E-state index in [0.29, 0.717) is 32.9 Å². The number of hydrogen-bond acceptors (Lipinski definition) is 7. The summed E-state index contributed by atoms with van der Waals surface area (Å²) < 4.78 is 11.6. The second kappa shape index (κ2) is 6.49.